The Bertz CT molecular complexity index is 2890. The monoisotopic (exact) mass is 751 g/mol. The molecule has 0 bridgehead atoms. The van der Waals surface area contributed by atoms with E-state index < -0.39 is 0 Å². The van der Waals surface area contributed by atoms with Crippen molar-refractivity contribution in [1.82, 2.24) is 0 Å². The number of anilines is 2. The molecule has 2 unspecified atom stereocenters. The molecule has 0 radical (unpaired) electrons. The van der Waals surface area contributed by atoms with Crippen LogP contribution < -0.4 is 4.90 Å². The smallest absolute Gasteiger partial charge is 0.143 e. The Morgan fingerprint density at radius 2 is 1.07 bits per heavy atom. The van der Waals surface area contributed by atoms with Crippen LogP contribution in [0.25, 0.3) is 66.4 Å². The fraction of sp³-hybridized carbons (Fsp3) is 0.179. The average molecular weight is 752 g/mol. The fourth-order valence-corrected chi connectivity index (χ4v) is 9.02. The van der Waals surface area contributed by atoms with E-state index >= 15 is 0 Å². The Labute approximate surface area is 342 Å². The van der Waals surface area contributed by atoms with Crippen LogP contribution in [-0.2, 0) is 10.8 Å². The lowest BCUT2D eigenvalue weighted by atomic mass is 9.79. The van der Waals surface area contributed by atoms with Gasteiger partial charge in [0.15, 0.2) is 0 Å². The predicted molar refractivity (Wildman–Crippen MR) is 246 cm³/mol. The molecule has 2 heteroatoms. The van der Waals surface area contributed by atoms with Gasteiger partial charge in [0, 0.05) is 33.6 Å². The van der Waals surface area contributed by atoms with Crippen LogP contribution in [0.1, 0.15) is 64.2 Å². The van der Waals surface area contributed by atoms with Gasteiger partial charge < -0.3 is 9.32 Å². The van der Waals surface area contributed by atoms with Gasteiger partial charge in [0.2, 0.25) is 0 Å². The van der Waals surface area contributed by atoms with Crippen molar-refractivity contribution in [3.63, 3.8) is 0 Å². The number of benzene rings is 7. The van der Waals surface area contributed by atoms with Gasteiger partial charge in [-0.2, -0.15) is 0 Å². The standard InChI is InChI=1S/C56H49NO/c1-55(2,3)43-31-42(32-44(35-43)56(4,5)6)39-18-13-16-37(30-39)36-15-12-17-38(29-36)40-26-28-53-50(33-40)48-23-14-22-46(54(48)58-53)41-25-27-52-49(34-41)47-21-10-11-24-51(47)57(52)45-19-8-7-9-20-45/h7-35,47,51H,1-6H3. The Morgan fingerprint density at radius 1 is 0.466 bits per heavy atom. The number of hydrogen-bond acceptors (Lipinski definition) is 2. The summed E-state index contributed by atoms with van der Waals surface area (Å²) in [6.45, 7) is 13.8. The van der Waals surface area contributed by atoms with E-state index in [0.29, 0.717) is 0 Å². The average Bonchev–Trinajstić information content (AvgIpc) is 3.78. The molecule has 1 aromatic heterocycles. The predicted octanol–water partition coefficient (Wildman–Crippen LogP) is 15.6. The zero-order valence-corrected chi connectivity index (χ0v) is 34.3. The Hall–Kier alpha value is -6.38. The Morgan fingerprint density at radius 3 is 1.74 bits per heavy atom. The van der Waals surface area contributed by atoms with Gasteiger partial charge in [-0.3, -0.25) is 0 Å². The third kappa shape index (κ3) is 6.28. The summed E-state index contributed by atoms with van der Waals surface area (Å²) in [4.78, 5) is 2.48. The van der Waals surface area contributed by atoms with Gasteiger partial charge in [0.25, 0.3) is 0 Å². The van der Waals surface area contributed by atoms with Crippen molar-refractivity contribution < 1.29 is 4.42 Å². The lowest BCUT2D eigenvalue weighted by Gasteiger charge is -2.28. The summed E-state index contributed by atoms with van der Waals surface area (Å²) in [5, 5.41) is 2.27. The molecule has 2 atom stereocenters. The molecule has 284 valence electrons. The van der Waals surface area contributed by atoms with E-state index in [1.54, 1.807) is 0 Å². The van der Waals surface area contributed by atoms with Crippen LogP contribution in [0.5, 0.6) is 0 Å². The topological polar surface area (TPSA) is 16.4 Å². The highest BCUT2D eigenvalue weighted by molar-refractivity contribution is 6.10. The van der Waals surface area contributed by atoms with Crippen LogP contribution in [0.4, 0.5) is 11.4 Å². The second-order valence-electron chi connectivity index (χ2n) is 18.2. The molecule has 0 N–H and O–H groups in total. The fourth-order valence-electron chi connectivity index (χ4n) is 9.02. The third-order valence-electron chi connectivity index (χ3n) is 12.3. The third-order valence-corrected chi connectivity index (χ3v) is 12.3. The summed E-state index contributed by atoms with van der Waals surface area (Å²) < 4.78 is 6.72. The highest BCUT2D eigenvalue weighted by atomic mass is 16.3. The van der Waals surface area contributed by atoms with Crippen LogP contribution >= 0.6 is 0 Å². The van der Waals surface area contributed by atoms with E-state index in [9.17, 15) is 0 Å². The van der Waals surface area contributed by atoms with Crippen LogP contribution in [-0.4, -0.2) is 6.04 Å². The first kappa shape index (κ1) is 36.0. The van der Waals surface area contributed by atoms with E-state index in [-0.39, 0.29) is 22.8 Å². The molecule has 1 aliphatic carbocycles. The summed E-state index contributed by atoms with van der Waals surface area (Å²) in [6, 6.07) is 56.3. The van der Waals surface area contributed by atoms with E-state index in [0.717, 1.165) is 27.5 Å². The maximum Gasteiger partial charge on any atom is 0.143 e. The maximum atomic E-state index is 6.72. The molecule has 10 rings (SSSR count). The molecular formula is C56H49NO. The molecule has 0 saturated carbocycles. The maximum absolute atomic E-state index is 6.72. The lowest BCUT2D eigenvalue weighted by molar-refractivity contribution is 0.569. The zero-order valence-electron chi connectivity index (χ0n) is 34.3. The first-order chi connectivity index (χ1) is 28.0. The van der Waals surface area contributed by atoms with Gasteiger partial charge in [-0.15, -0.1) is 0 Å². The summed E-state index contributed by atoms with van der Waals surface area (Å²) in [5.74, 6) is 0.289. The number of fused-ring (bicyclic) bond motifs is 6. The minimum atomic E-state index is 0.0618. The van der Waals surface area contributed by atoms with Crippen molar-refractivity contribution in [1.29, 1.82) is 0 Å². The normalized spacial score (nSPS) is 16.3. The van der Waals surface area contributed by atoms with Crippen LogP contribution in [0.2, 0.25) is 0 Å². The van der Waals surface area contributed by atoms with Gasteiger partial charge in [-0.25, -0.2) is 0 Å². The van der Waals surface area contributed by atoms with Gasteiger partial charge in [-0.1, -0.05) is 169 Å². The quantitative estimate of drug-likeness (QED) is 0.174. The number of furan rings is 1. The van der Waals surface area contributed by atoms with Gasteiger partial charge in [0.1, 0.15) is 11.2 Å². The number of nitrogens with zero attached hydrogens (tertiary/aromatic N) is 1. The molecular weight excluding hydrogens is 703 g/mol. The van der Waals surface area contributed by atoms with Crippen molar-refractivity contribution in [2.75, 3.05) is 4.90 Å². The first-order valence-corrected chi connectivity index (χ1v) is 20.7. The van der Waals surface area contributed by atoms with Crippen molar-refractivity contribution in [2.24, 2.45) is 0 Å². The largest absolute Gasteiger partial charge is 0.455 e. The summed E-state index contributed by atoms with van der Waals surface area (Å²) in [5.41, 5.74) is 18.1. The lowest BCUT2D eigenvalue weighted by Crippen LogP contribution is -2.28. The van der Waals surface area contributed by atoms with E-state index in [4.69, 9.17) is 4.42 Å². The van der Waals surface area contributed by atoms with Crippen molar-refractivity contribution in [2.45, 2.75) is 64.3 Å². The van der Waals surface area contributed by atoms with Crippen LogP contribution in [0.15, 0.2) is 180 Å². The van der Waals surface area contributed by atoms with E-state index in [1.807, 2.05) is 0 Å². The molecule has 2 aliphatic rings. The van der Waals surface area contributed by atoms with Crippen molar-refractivity contribution >= 4 is 33.3 Å². The minimum absolute atomic E-state index is 0.0618. The molecule has 2 nitrogen and oxygen atoms in total. The van der Waals surface area contributed by atoms with Crippen LogP contribution in [0, 0.1) is 0 Å². The second kappa shape index (κ2) is 13.6. The molecule has 8 aromatic rings. The number of hydrogen-bond donors (Lipinski definition) is 0. The van der Waals surface area contributed by atoms with E-state index in [2.05, 4.69) is 222 Å². The molecule has 0 spiro atoms. The van der Waals surface area contributed by atoms with Gasteiger partial charge in [0.05, 0.1) is 6.04 Å². The zero-order chi connectivity index (χ0) is 39.8. The molecule has 1 aliphatic heterocycles. The first-order valence-electron chi connectivity index (χ1n) is 20.7. The van der Waals surface area contributed by atoms with Crippen LogP contribution in [0.3, 0.4) is 0 Å². The number of allylic oxidation sites excluding steroid dienone is 2. The summed E-state index contributed by atoms with van der Waals surface area (Å²) in [6.07, 6.45) is 9.04. The van der Waals surface area contributed by atoms with Gasteiger partial charge in [-0.05, 0) is 115 Å². The molecule has 58 heavy (non-hydrogen) atoms. The molecule has 2 heterocycles. The van der Waals surface area contributed by atoms with Crippen molar-refractivity contribution in [3.8, 4) is 44.5 Å². The second-order valence-corrected chi connectivity index (χ2v) is 18.2. The number of para-hydroxylation sites is 2. The molecule has 7 aromatic carbocycles. The summed E-state index contributed by atoms with van der Waals surface area (Å²) in [7, 11) is 0. The summed E-state index contributed by atoms with van der Waals surface area (Å²) >= 11 is 0. The molecule has 0 fully saturated rings. The molecule has 0 amide bonds. The van der Waals surface area contributed by atoms with Gasteiger partial charge >= 0.3 is 0 Å². The Balaban J connectivity index is 1.00. The Kier molecular flexibility index (Phi) is 8.46. The van der Waals surface area contributed by atoms with E-state index in [1.165, 1.54) is 67.0 Å². The highest BCUT2D eigenvalue weighted by Crippen LogP contribution is 2.49. The molecule has 0 saturated heterocycles. The SMILES string of the molecule is CC(C)(C)c1cc(-c2cccc(-c3cccc(-c4ccc5oc6c(-c7ccc8c(c7)C7C=CC=CC7N8c7ccccc7)cccc6c5c4)c3)c2)cc(C(C)(C)C)c1. The minimum Gasteiger partial charge on any atom is -0.455 e. The van der Waals surface area contributed by atoms with Crippen molar-refractivity contribution in [3.05, 3.63) is 193 Å². The number of rotatable bonds is 5. The highest BCUT2D eigenvalue weighted by Gasteiger charge is 2.37.